The molecule has 2 rings (SSSR count). The zero-order valence-corrected chi connectivity index (χ0v) is 12.2. The van der Waals surface area contributed by atoms with E-state index in [2.05, 4.69) is 28.0 Å². The summed E-state index contributed by atoms with van der Waals surface area (Å²) in [5.41, 5.74) is 4.40. The van der Waals surface area contributed by atoms with Crippen LogP contribution in [0.25, 0.3) is 0 Å². The summed E-state index contributed by atoms with van der Waals surface area (Å²) < 4.78 is 27.2. The van der Waals surface area contributed by atoms with Gasteiger partial charge in [0.2, 0.25) is 0 Å². The predicted molar refractivity (Wildman–Crippen MR) is 79.3 cm³/mol. The Balaban J connectivity index is 2.18. The van der Waals surface area contributed by atoms with Gasteiger partial charge in [0.25, 0.3) is 0 Å². The molecular weight excluding hydrogens is 361 g/mol. The Kier molecular flexibility index (Phi) is 4.84. The van der Waals surface area contributed by atoms with Crippen LogP contribution in [0.2, 0.25) is 0 Å². The van der Waals surface area contributed by atoms with E-state index in [1.165, 1.54) is 6.07 Å². The van der Waals surface area contributed by atoms with Gasteiger partial charge in [-0.25, -0.2) is 8.78 Å². The smallest absolute Gasteiger partial charge is 0.159 e. The minimum atomic E-state index is -0.838. The van der Waals surface area contributed by atoms with E-state index in [4.69, 9.17) is 5.84 Å². The van der Waals surface area contributed by atoms with Crippen molar-refractivity contribution in [3.8, 4) is 0 Å². The summed E-state index contributed by atoms with van der Waals surface area (Å²) in [6, 6.07) is 11.6. The molecule has 1 atom stereocenters. The number of nitrogens with one attached hydrogen (secondary N) is 1. The molecule has 0 spiro atoms. The molecule has 0 saturated heterocycles. The van der Waals surface area contributed by atoms with Crippen LogP contribution >= 0.6 is 22.6 Å². The summed E-state index contributed by atoms with van der Waals surface area (Å²) in [6.45, 7) is 0. The monoisotopic (exact) mass is 374 g/mol. The molecule has 0 radical (unpaired) electrons. The standard InChI is InChI=1S/C14H13F2IN2/c15-12-6-1-9(7-13(12)16)8-14(19-18)10-2-4-11(17)5-3-10/h1-7,14,19H,8,18H2. The second-order valence-corrected chi connectivity index (χ2v) is 5.47. The third-order valence-corrected chi connectivity index (χ3v) is 3.62. The lowest BCUT2D eigenvalue weighted by Crippen LogP contribution is -2.29. The first kappa shape index (κ1) is 14.4. The van der Waals surface area contributed by atoms with Crippen molar-refractivity contribution in [2.24, 2.45) is 5.84 Å². The van der Waals surface area contributed by atoms with Gasteiger partial charge in [0.1, 0.15) is 0 Å². The topological polar surface area (TPSA) is 38.0 Å². The molecule has 19 heavy (non-hydrogen) atoms. The number of rotatable bonds is 4. The number of hydrogen-bond acceptors (Lipinski definition) is 2. The molecule has 0 aliphatic heterocycles. The van der Waals surface area contributed by atoms with Gasteiger partial charge >= 0.3 is 0 Å². The SMILES string of the molecule is NNC(Cc1ccc(F)c(F)c1)c1ccc(I)cc1. The van der Waals surface area contributed by atoms with E-state index in [1.54, 1.807) is 6.07 Å². The summed E-state index contributed by atoms with van der Waals surface area (Å²) in [6.07, 6.45) is 0.494. The molecule has 5 heteroatoms. The van der Waals surface area contributed by atoms with Gasteiger partial charge in [-0.2, -0.15) is 0 Å². The van der Waals surface area contributed by atoms with Crippen molar-refractivity contribution in [1.82, 2.24) is 5.43 Å². The lowest BCUT2D eigenvalue weighted by molar-refractivity contribution is 0.502. The van der Waals surface area contributed by atoms with Crippen LogP contribution < -0.4 is 11.3 Å². The predicted octanol–water partition coefficient (Wildman–Crippen LogP) is 3.32. The van der Waals surface area contributed by atoms with Crippen LogP contribution in [0.3, 0.4) is 0 Å². The van der Waals surface area contributed by atoms with Crippen molar-refractivity contribution in [3.05, 3.63) is 68.8 Å². The summed E-state index contributed by atoms with van der Waals surface area (Å²) in [5, 5.41) is 0. The molecule has 0 aromatic heterocycles. The Hall–Kier alpha value is -1.05. The zero-order valence-electron chi connectivity index (χ0n) is 10.0. The second-order valence-electron chi connectivity index (χ2n) is 4.22. The largest absolute Gasteiger partial charge is 0.271 e. The fraction of sp³-hybridized carbons (Fsp3) is 0.143. The molecule has 2 nitrogen and oxygen atoms in total. The van der Waals surface area contributed by atoms with Crippen molar-refractivity contribution in [3.63, 3.8) is 0 Å². The first-order valence-electron chi connectivity index (χ1n) is 5.75. The summed E-state index contributed by atoms with van der Waals surface area (Å²) in [4.78, 5) is 0. The molecule has 0 saturated carbocycles. The fourth-order valence-corrected chi connectivity index (χ4v) is 2.23. The van der Waals surface area contributed by atoms with Crippen molar-refractivity contribution in [2.75, 3.05) is 0 Å². The highest BCUT2D eigenvalue weighted by molar-refractivity contribution is 14.1. The van der Waals surface area contributed by atoms with Gasteiger partial charge in [-0.3, -0.25) is 11.3 Å². The van der Waals surface area contributed by atoms with Crippen LogP contribution in [0, 0.1) is 15.2 Å². The minimum Gasteiger partial charge on any atom is -0.271 e. The highest BCUT2D eigenvalue weighted by atomic mass is 127. The van der Waals surface area contributed by atoms with Gasteiger partial charge in [-0.05, 0) is 64.4 Å². The molecule has 0 fully saturated rings. The summed E-state index contributed by atoms with van der Waals surface area (Å²) in [5.74, 6) is 3.86. The van der Waals surface area contributed by atoms with E-state index in [1.807, 2.05) is 24.3 Å². The normalized spacial score (nSPS) is 12.4. The lowest BCUT2D eigenvalue weighted by atomic mass is 9.99. The third kappa shape index (κ3) is 3.71. The number of halogens is 3. The summed E-state index contributed by atoms with van der Waals surface area (Å²) >= 11 is 2.22. The van der Waals surface area contributed by atoms with E-state index in [0.29, 0.717) is 12.0 Å². The van der Waals surface area contributed by atoms with Crippen molar-refractivity contribution in [2.45, 2.75) is 12.5 Å². The first-order chi connectivity index (χ1) is 9.10. The first-order valence-corrected chi connectivity index (χ1v) is 6.83. The van der Waals surface area contributed by atoms with Crippen LogP contribution in [-0.2, 0) is 6.42 Å². The molecule has 0 heterocycles. The Morgan fingerprint density at radius 2 is 1.74 bits per heavy atom. The lowest BCUT2D eigenvalue weighted by Gasteiger charge is -2.16. The maximum absolute atomic E-state index is 13.2. The number of hydrogen-bond donors (Lipinski definition) is 2. The molecule has 0 bridgehead atoms. The summed E-state index contributed by atoms with van der Waals surface area (Å²) in [7, 11) is 0. The Morgan fingerprint density at radius 1 is 1.05 bits per heavy atom. The average Bonchev–Trinajstić information content (AvgIpc) is 2.41. The van der Waals surface area contributed by atoms with E-state index in [-0.39, 0.29) is 6.04 Å². The molecule has 100 valence electrons. The highest BCUT2D eigenvalue weighted by Gasteiger charge is 2.12. The molecule has 0 aliphatic rings. The molecule has 2 aromatic rings. The van der Waals surface area contributed by atoms with E-state index >= 15 is 0 Å². The van der Waals surface area contributed by atoms with Crippen molar-refractivity contribution >= 4 is 22.6 Å². The van der Waals surface area contributed by atoms with Crippen LogP contribution in [0.4, 0.5) is 8.78 Å². The highest BCUT2D eigenvalue weighted by Crippen LogP contribution is 2.20. The van der Waals surface area contributed by atoms with Crippen molar-refractivity contribution < 1.29 is 8.78 Å². The molecule has 1 unspecified atom stereocenters. The Bertz CT molecular complexity index is 558. The molecule has 2 aromatic carbocycles. The second kappa shape index (κ2) is 6.40. The van der Waals surface area contributed by atoms with E-state index in [0.717, 1.165) is 15.2 Å². The average molecular weight is 374 g/mol. The van der Waals surface area contributed by atoms with Crippen LogP contribution in [0.15, 0.2) is 42.5 Å². The van der Waals surface area contributed by atoms with Crippen LogP contribution in [-0.4, -0.2) is 0 Å². The Morgan fingerprint density at radius 3 is 2.32 bits per heavy atom. The van der Waals surface area contributed by atoms with E-state index in [9.17, 15) is 8.78 Å². The van der Waals surface area contributed by atoms with Gasteiger partial charge in [-0.15, -0.1) is 0 Å². The maximum Gasteiger partial charge on any atom is 0.159 e. The van der Waals surface area contributed by atoms with Gasteiger partial charge in [0.05, 0.1) is 0 Å². The van der Waals surface area contributed by atoms with Crippen LogP contribution in [0.1, 0.15) is 17.2 Å². The molecule has 3 N–H and O–H groups in total. The minimum absolute atomic E-state index is 0.137. The molecule has 0 aliphatic carbocycles. The third-order valence-electron chi connectivity index (χ3n) is 2.90. The van der Waals surface area contributed by atoms with Crippen molar-refractivity contribution in [1.29, 1.82) is 0 Å². The van der Waals surface area contributed by atoms with Crippen LogP contribution in [0.5, 0.6) is 0 Å². The fourth-order valence-electron chi connectivity index (χ4n) is 1.87. The molecular formula is C14H13F2IN2. The Labute approximate surface area is 124 Å². The number of nitrogens with two attached hydrogens (primary N) is 1. The van der Waals surface area contributed by atoms with Gasteiger partial charge < -0.3 is 0 Å². The zero-order chi connectivity index (χ0) is 13.8. The van der Waals surface area contributed by atoms with E-state index < -0.39 is 11.6 Å². The number of hydrazine groups is 1. The van der Waals surface area contributed by atoms with Gasteiger partial charge in [0.15, 0.2) is 11.6 Å². The molecule has 0 amide bonds. The maximum atomic E-state index is 13.2. The van der Waals surface area contributed by atoms with Gasteiger partial charge in [0, 0.05) is 9.61 Å². The van der Waals surface area contributed by atoms with Gasteiger partial charge in [-0.1, -0.05) is 18.2 Å². The number of benzene rings is 2. The quantitative estimate of drug-likeness (QED) is 0.490.